The second kappa shape index (κ2) is 8.49. The molecule has 0 aliphatic heterocycles. The van der Waals surface area contributed by atoms with Crippen LogP contribution in [-0.2, 0) is 29.0 Å². The first-order chi connectivity index (χ1) is 11.5. The highest BCUT2D eigenvalue weighted by Crippen LogP contribution is 2.11. The molecule has 0 unspecified atom stereocenters. The number of benzene rings is 1. The number of nitrogens with zero attached hydrogens (tertiary/aromatic N) is 4. The van der Waals surface area contributed by atoms with Gasteiger partial charge in [-0.3, -0.25) is 4.79 Å². The highest BCUT2D eigenvalue weighted by atomic mass is 19.2. The van der Waals surface area contributed by atoms with Crippen LogP contribution in [0.1, 0.15) is 17.8 Å². The monoisotopic (exact) mass is 338 g/mol. The van der Waals surface area contributed by atoms with Crippen LogP contribution in [0.3, 0.4) is 0 Å². The van der Waals surface area contributed by atoms with Gasteiger partial charge in [0.05, 0.1) is 13.2 Å². The predicted octanol–water partition coefficient (Wildman–Crippen LogP) is 1.79. The van der Waals surface area contributed by atoms with E-state index in [4.69, 9.17) is 4.74 Å². The molecule has 0 bridgehead atoms. The quantitative estimate of drug-likeness (QED) is 0.736. The highest BCUT2D eigenvalue weighted by Gasteiger charge is 2.14. The van der Waals surface area contributed by atoms with Gasteiger partial charge in [0.1, 0.15) is 6.33 Å². The molecular weight excluding hydrogens is 318 g/mol. The van der Waals surface area contributed by atoms with Gasteiger partial charge in [-0.25, -0.2) is 8.78 Å². The van der Waals surface area contributed by atoms with Crippen LogP contribution in [0, 0.1) is 11.6 Å². The molecule has 0 aliphatic rings. The molecule has 0 saturated carbocycles. The number of hydrogen-bond donors (Lipinski definition) is 0. The summed E-state index contributed by atoms with van der Waals surface area (Å²) in [4.78, 5) is 13.7. The van der Waals surface area contributed by atoms with Crippen LogP contribution in [0.2, 0.25) is 0 Å². The van der Waals surface area contributed by atoms with Gasteiger partial charge in [0, 0.05) is 27.1 Å². The first-order valence-electron chi connectivity index (χ1n) is 7.54. The zero-order valence-corrected chi connectivity index (χ0v) is 13.7. The molecule has 0 fully saturated rings. The summed E-state index contributed by atoms with van der Waals surface area (Å²) >= 11 is 0. The predicted molar refractivity (Wildman–Crippen MR) is 83.1 cm³/mol. The van der Waals surface area contributed by atoms with Crippen molar-refractivity contribution < 1.29 is 18.3 Å². The van der Waals surface area contributed by atoms with Crippen molar-refractivity contribution in [1.29, 1.82) is 0 Å². The lowest BCUT2D eigenvalue weighted by atomic mass is 10.1. The van der Waals surface area contributed by atoms with Crippen molar-refractivity contribution in [2.75, 3.05) is 20.8 Å². The number of amides is 1. The van der Waals surface area contributed by atoms with E-state index in [1.54, 1.807) is 20.5 Å². The number of aryl methyl sites for hydroxylation is 1. The van der Waals surface area contributed by atoms with E-state index in [0.29, 0.717) is 37.5 Å². The summed E-state index contributed by atoms with van der Waals surface area (Å²) in [5.74, 6) is -1.24. The molecule has 130 valence electrons. The van der Waals surface area contributed by atoms with Crippen LogP contribution in [0.5, 0.6) is 0 Å². The van der Waals surface area contributed by atoms with E-state index in [2.05, 4.69) is 10.2 Å². The minimum atomic E-state index is -0.903. The van der Waals surface area contributed by atoms with E-state index in [9.17, 15) is 13.6 Å². The maximum atomic E-state index is 13.2. The average Bonchev–Trinajstić information content (AvgIpc) is 3.00. The number of carbonyl (C=O) groups excluding carboxylic acids is 1. The first kappa shape index (κ1) is 18.0. The second-order valence-electron chi connectivity index (χ2n) is 5.43. The number of rotatable bonds is 8. The molecule has 0 saturated heterocycles. The van der Waals surface area contributed by atoms with Crippen molar-refractivity contribution in [2.24, 2.45) is 0 Å². The molecule has 1 heterocycles. The molecule has 2 aromatic rings. The van der Waals surface area contributed by atoms with E-state index in [1.807, 2.05) is 4.57 Å². The van der Waals surface area contributed by atoms with Gasteiger partial charge >= 0.3 is 0 Å². The topological polar surface area (TPSA) is 60.2 Å². The number of carbonyl (C=O) groups is 1. The first-order valence-corrected chi connectivity index (χ1v) is 7.54. The molecule has 0 radical (unpaired) electrons. The fourth-order valence-corrected chi connectivity index (χ4v) is 2.22. The van der Waals surface area contributed by atoms with Gasteiger partial charge in [-0.2, -0.15) is 0 Å². The summed E-state index contributed by atoms with van der Waals surface area (Å²) in [6.07, 6.45) is 2.14. The zero-order valence-electron chi connectivity index (χ0n) is 13.7. The SMILES string of the molecule is COCCn1cnnc1CN(C)C(=O)CCc1ccc(F)c(F)c1. The molecule has 1 aromatic carbocycles. The van der Waals surface area contributed by atoms with Crippen LogP contribution >= 0.6 is 0 Å². The van der Waals surface area contributed by atoms with Crippen LogP contribution in [0.25, 0.3) is 0 Å². The lowest BCUT2D eigenvalue weighted by Crippen LogP contribution is -2.28. The largest absolute Gasteiger partial charge is 0.383 e. The Morgan fingerprint density at radius 1 is 1.33 bits per heavy atom. The molecule has 1 amide bonds. The Kier molecular flexibility index (Phi) is 6.36. The maximum Gasteiger partial charge on any atom is 0.223 e. The van der Waals surface area contributed by atoms with Crippen molar-refractivity contribution in [3.8, 4) is 0 Å². The van der Waals surface area contributed by atoms with E-state index in [-0.39, 0.29) is 12.3 Å². The number of methoxy groups -OCH3 is 1. The summed E-state index contributed by atoms with van der Waals surface area (Å²) < 4.78 is 32.9. The standard InChI is InChI=1S/C16H20F2N4O2/c1-21(10-15-20-19-11-22(15)7-8-24-2)16(23)6-4-12-3-5-13(17)14(18)9-12/h3,5,9,11H,4,6-8,10H2,1-2H3. The summed E-state index contributed by atoms with van der Waals surface area (Å²) in [6, 6.07) is 3.66. The minimum absolute atomic E-state index is 0.110. The lowest BCUT2D eigenvalue weighted by molar-refractivity contribution is -0.130. The van der Waals surface area contributed by atoms with E-state index < -0.39 is 11.6 Å². The fourth-order valence-electron chi connectivity index (χ4n) is 2.22. The fraction of sp³-hybridized carbons (Fsp3) is 0.438. The molecule has 0 spiro atoms. The maximum absolute atomic E-state index is 13.2. The number of halogens is 2. The number of ether oxygens (including phenoxy) is 1. The molecule has 0 N–H and O–H groups in total. The van der Waals surface area contributed by atoms with Gasteiger partial charge in [0.25, 0.3) is 0 Å². The van der Waals surface area contributed by atoms with Gasteiger partial charge in [-0.05, 0) is 24.1 Å². The summed E-state index contributed by atoms with van der Waals surface area (Å²) in [7, 11) is 3.28. The summed E-state index contributed by atoms with van der Waals surface area (Å²) in [5, 5.41) is 7.84. The Morgan fingerprint density at radius 3 is 2.83 bits per heavy atom. The van der Waals surface area contributed by atoms with Crippen LogP contribution in [0.4, 0.5) is 8.78 Å². The van der Waals surface area contributed by atoms with Gasteiger partial charge in [0.2, 0.25) is 5.91 Å². The van der Waals surface area contributed by atoms with Gasteiger partial charge in [0.15, 0.2) is 17.5 Å². The number of hydrogen-bond acceptors (Lipinski definition) is 4. The van der Waals surface area contributed by atoms with Gasteiger partial charge in [-0.15, -0.1) is 10.2 Å². The zero-order chi connectivity index (χ0) is 17.5. The Labute approximate surface area is 139 Å². The van der Waals surface area contributed by atoms with Crippen molar-refractivity contribution in [2.45, 2.75) is 25.9 Å². The van der Waals surface area contributed by atoms with E-state index in [1.165, 1.54) is 11.0 Å². The molecule has 6 nitrogen and oxygen atoms in total. The third-order valence-electron chi connectivity index (χ3n) is 3.65. The van der Waals surface area contributed by atoms with Crippen molar-refractivity contribution >= 4 is 5.91 Å². The van der Waals surface area contributed by atoms with Crippen molar-refractivity contribution in [3.05, 3.63) is 47.5 Å². The van der Waals surface area contributed by atoms with Crippen LogP contribution in [-0.4, -0.2) is 46.3 Å². The Morgan fingerprint density at radius 2 is 2.12 bits per heavy atom. The van der Waals surface area contributed by atoms with Crippen molar-refractivity contribution in [3.63, 3.8) is 0 Å². The normalized spacial score (nSPS) is 10.8. The van der Waals surface area contributed by atoms with Crippen molar-refractivity contribution in [1.82, 2.24) is 19.7 Å². The second-order valence-corrected chi connectivity index (χ2v) is 5.43. The third-order valence-corrected chi connectivity index (χ3v) is 3.65. The smallest absolute Gasteiger partial charge is 0.223 e. The Balaban J connectivity index is 1.88. The molecule has 1 aromatic heterocycles. The Bertz CT molecular complexity index is 690. The molecule has 8 heteroatoms. The minimum Gasteiger partial charge on any atom is -0.383 e. The third kappa shape index (κ3) is 4.82. The van der Waals surface area contributed by atoms with Crippen LogP contribution < -0.4 is 0 Å². The molecule has 24 heavy (non-hydrogen) atoms. The highest BCUT2D eigenvalue weighted by molar-refractivity contribution is 5.76. The summed E-state index contributed by atoms with van der Waals surface area (Å²) in [6.45, 7) is 1.45. The molecule has 2 rings (SSSR count). The van der Waals surface area contributed by atoms with E-state index >= 15 is 0 Å². The summed E-state index contributed by atoms with van der Waals surface area (Å²) in [5.41, 5.74) is 0.582. The molecular formula is C16H20F2N4O2. The van der Waals surface area contributed by atoms with Gasteiger partial charge < -0.3 is 14.2 Å². The Hall–Kier alpha value is -2.35. The lowest BCUT2D eigenvalue weighted by Gasteiger charge is -2.17. The molecule has 0 aliphatic carbocycles. The van der Waals surface area contributed by atoms with Crippen LogP contribution in [0.15, 0.2) is 24.5 Å². The average molecular weight is 338 g/mol. The van der Waals surface area contributed by atoms with Gasteiger partial charge in [-0.1, -0.05) is 6.07 Å². The number of aromatic nitrogens is 3. The molecule has 0 atom stereocenters. The van der Waals surface area contributed by atoms with E-state index in [0.717, 1.165) is 12.1 Å².